The van der Waals surface area contributed by atoms with Gasteiger partial charge in [-0.3, -0.25) is 9.69 Å². The molecule has 1 heterocycles. The quantitative estimate of drug-likeness (QED) is 0.861. The van der Waals surface area contributed by atoms with Crippen molar-refractivity contribution in [1.29, 1.82) is 0 Å². The fraction of sp³-hybridized carbons (Fsp3) is 0.562. The Morgan fingerprint density at radius 2 is 1.71 bits per heavy atom. The molecule has 134 valence electrons. The molecule has 0 radical (unpaired) electrons. The zero-order valence-corrected chi connectivity index (χ0v) is 13.6. The number of alkyl halides is 3. The Labute approximate surface area is 139 Å². The Morgan fingerprint density at radius 3 is 2.25 bits per heavy atom. The zero-order chi connectivity index (χ0) is 17.6. The lowest BCUT2D eigenvalue weighted by molar-refractivity contribution is -0.274. The molecule has 1 aliphatic heterocycles. The van der Waals surface area contributed by atoms with Crippen molar-refractivity contribution in [3.8, 4) is 5.75 Å². The lowest BCUT2D eigenvalue weighted by atomic mass is 10.2. The summed E-state index contributed by atoms with van der Waals surface area (Å²) in [6.07, 6.45) is -3.60. The molecule has 1 saturated heterocycles. The zero-order valence-electron chi connectivity index (χ0n) is 13.6. The van der Waals surface area contributed by atoms with Crippen molar-refractivity contribution in [3.63, 3.8) is 0 Å². The van der Waals surface area contributed by atoms with Crippen molar-refractivity contribution in [2.75, 3.05) is 44.6 Å². The molecule has 0 spiro atoms. The predicted molar refractivity (Wildman–Crippen MR) is 84.9 cm³/mol. The largest absolute Gasteiger partial charge is 0.573 e. The highest BCUT2D eigenvalue weighted by Crippen LogP contribution is 2.23. The summed E-state index contributed by atoms with van der Waals surface area (Å²) in [6.45, 7) is 7.07. The van der Waals surface area contributed by atoms with Gasteiger partial charge in [0, 0.05) is 31.9 Å². The summed E-state index contributed by atoms with van der Waals surface area (Å²) in [4.78, 5) is 16.5. The topological polar surface area (TPSA) is 44.8 Å². The summed E-state index contributed by atoms with van der Waals surface area (Å²) in [6, 6.07) is 5.12. The number of nitrogens with zero attached hydrogens (tertiary/aromatic N) is 2. The van der Waals surface area contributed by atoms with Crippen LogP contribution in [0.5, 0.6) is 5.75 Å². The Hall–Kier alpha value is -1.80. The molecule has 2 rings (SSSR count). The van der Waals surface area contributed by atoms with Crippen molar-refractivity contribution < 1.29 is 22.7 Å². The summed E-state index contributed by atoms with van der Waals surface area (Å²) >= 11 is 0. The summed E-state index contributed by atoms with van der Waals surface area (Å²) in [7, 11) is 0. The van der Waals surface area contributed by atoms with Gasteiger partial charge in [-0.15, -0.1) is 13.2 Å². The van der Waals surface area contributed by atoms with E-state index in [2.05, 4.69) is 26.8 Å². The molecule has 1 fully saturated rings. The fourth-order valence-corrected chi connectivity index (χ4v) is 2.63. The second kappa shape index (κ2) is 8.34. The van der Waals surface area contributed by atoms with E-state index in [4.69, 9.17) is 0 Å². The second-order valence-electron chi connectivity index (χ2n) is 5.74. The van der Waals surface area contributed by atoms with E-state index in [0.717, 1.165) is 39.1 Å². The molecular weight excluding hydrogens is 323 g/mol. The van der Waals surface area contributed by atoms with Gasteiger partial charge >= 0.3 is 6.36 Å². The number of hydrogen-bond donors (Lipinski definition) is 1. The van der Waals surface area contributed by atoms with E-state index in [1.807, 2.05) is 0 Å². The van der Waals surface area contributed by atoms with Gasteiger partial charge in [-0.05, 0) is 37.2 Å². The molecule has 0 aliphatic carbocycles. The number of piperazine rings is 1. The maximum Gasteiger partial charge on any atom is 0.573 e. The average Bonchev–Trinajstić information content (AvgIpc) is 2.50. The number of halogens is 3. The maximum atomic E-state index is 12.1. The molecule has 1 aromatic carbocycles. The molecule has 5 nitrogen and oxygen atoms in total. The van der Waals surface area contributed by atoms with Gasteiger partial charge < -0.3 is 15.0 Å². The van der Waals surface area contributed by atoms with Gasteiger partial charge in [0.2, 0.25) is 5.91 Å². The molecule has 8 heteroatoms. The van der Waals surface area contributed by atoms with Crippen LogP contribution in [0.3, 0.4) is 0 Å². The lowest BCUT2D eigenvalue weighted by Gasteiger charge is -2.34. The molecule has 0 bridgehead atoms. The maximum absolute atomic E-state index is 12.1. The number of carbonyl (C=O) groups is 1. The number of ether oxygens (including phenoxy) is 1. The monoisotopic (exact) mass is 345 g/mol. The highest BCUT2D eigenvalue weighted by molar-refractivity contribution is 5.92. The molecular formula is C16H22F3N3O2. The van der Waals surface area contributed by atoms with Crippen LogP contribution in [0.15, 0.2) is 24.3 Å². The van der Waals surface area contributed by atoms with Crippen molar-refractivity contribution in [2.45, 2.75) is 19.7 Å². The minimum Gasteiger partial charge on any atom is -0.406 e. The number of rotatable bonds is 6. The highest BCUT2D eigenvalue weighted by atomic mass is 19.4. The van der Waals surface area contributed by atoms with Gasteiger partial charge in [0.25, 0.3) is 0 Å². The van der Waals surface area contributed by atoms with Gasteiger partial charge in [-0.2, -0.15) is 0 Å². The summed E-state index contributed by atoms with van der Waals surface area (Å²) < 4.78 is 40.0. The average molecular weight is 345 g/mol. The highest BCUT2D eigenvalue weighted by Gasteiger charge is 2.31. The smallest absolute Gasteiger partial charge is 0.406 e. The summed E-state index contributed by atoms with van der Waals surface area (Å²) in [5.74, 6) is -0.490. The number of hydrogen-bond acceptors (Lipinski definition) is 4. The first-order valence-corrected chi connectivity index (χ1v) is 7.96. The number of anilines is 1. The Morgan fingerprint density at radius 1 is 1.12 bits per heavy atom. The van der Waals surface area contributed by atoms with Crippen LogP contribution in [-0.4, -0.2) is 61.3 Å². The molecule has 0 saturated carbocycles. The van der Waals surface area contributed by atoms with Gasteiger partial charge in [0.1, 0.15) is 5.75 Å². The van der Waals surface area contributed by atoms with Crippen molar-refractivity contribution in [1.82, 2.24) is 9.80 Å². The first kappa shape index (κ1) is 18.5. The van der Waals surface area contributed by atoms with Gasteiger partial charge in [0.15, 0.2) is 0 Å². The molecule has 24 heavy (non-hydrogen) atoms. The van der Waals surface area contributed by atoms with Crippen LogP contribution < -0.4 is 10.1 Å². The normalized spacial score (nSPS) is 16.8. The Bertz CT molecular complexity index is 526. The number of carbonyl (C=O) groups excluding carboxylic acids is 1. The third-order valence-corrected chi connectivity index (χ3v) is 3.74. The van der Waals surface area contributed by atoms with Crippen molar-refractivity contribution in [2.24, 2.45) is 0 Å². The first-order chi connectivity index (χ1) is 11.4. The minimum absolute atomic E-state index is 0.177. The van der Waals surface area contributed by atoms with Crippen molar-refractivity contribution in [3.05, 3.63) is 24.3 Å². The molecule has 0 aromatic heterocycles. The number of nitrogens with one attached hydrogen (secondary N) is 1. The Kier molecular flexibility index (Phi) is 6.44. The molecule has 0 atom stereocenters. The SMILES string of the molecule is CCCN1CCN(CC(=O)Nc2ccc(OC(F)(F)F)cc2)CC1. The third-order valence-electron chi connectivity index (χ3n) is 3.74. The predicted octanol–water partition coefficient (Wildman–Crippen LogP) is 2.55. The molecule has 1 amide bonds. The van der Waals surface area contributed by atoms with E-state index < -0.39 is 6.36 Å². The van der Waals surface area contributed by atoms with Crippen LogP contribution in [-0.2, 0) is 4.79 Å². The Balaban J connectivity index is 1.76. The standard InChI is InChI=1S/C16H22F3N3O2/c1-2-7-21-8-10-22(11-9-21)12-15(23)20-13-3-5-14(6-4-13)24-16(17,18)19/h3-6H,2,7-12H2,1H3,(H,20,23). The van der Waals surface area contributed by atoms with E-state index in [1.54, 1.807) is 0 Å². The molecule has 1 aliphatic rings. The van der Waals surface area contributed by atoms with Gasteiger partial charge in [0.05, 0.1) is 6.54 Å². The van der Waals surface area contributed by atoms with Crippen molar-refractivity contribution >= 4 is 11.6 Å². The number of benzene rings is 1. The number of amides is 1. The third kappa shape index (κ3) is 6.37. The van der Waals surface area contributed by atoms with Crippen LogP contribution in [0.2, 0.25) is 0 Å². The summed E-state index contributed by atoms with van der Waals surface area (Å²) in [5.41, 5.74) is 0.444. The fourth-order valence-electron chi connectivity index (χ4n) is 2.63. The second-order valence-corrected chi connectivity index (χ2v) is 5.74. The van der Waals surface area contributed by atoms with Crippen LogP contribution in [0.25, 0.3) is 0 Å². The molecule has 1 N–H and O–H groups in total. The summed E-state index contributed by atoms with van der Waals surface area (Å²) in [5, 5.41) is 2.68. The first-order valence-electron chi connectivity index (χ1n) is 7.96. The van der Waals surface area contributed by atoms with Crippen LogP contribution in [0.1, 0.15) is 13.3 Å². The van der Waals surface area contributed by atoms with Gasteiger partial charge in [-0.1, -0.05) is 6.92 Å². The van der Waals surface area contributed by atoms with Crippen LogP contribution in [0, 0.1) is 0 Å². The molecule has 1 aromatic rings. The van der Waals surface area contributed by atoms with Crippen LogP contribution >= 0.6 is 0 Å². The van der Waals surface area contributed by atoms with Gasteiger partial charge in [-0.25, -0.2) is 0 Å². The van der Waals surface area contributed by atoms with E-state index in [0.29, 0.717) is 5.69 Å². The van der Waals surface area contributed by atoms with E-state index in [1.165, 1.54) is 24.3 Å². The van der Waals surface area contributed by atoms with E-state index >= 15 is 0 Å². The minimum atomic E-state index is -4.72. The molecule has 0 unspecified atom stereocenters. The lowest BCUT2D eigenvalue weighted by Crippen LogP contribution is -2.48. The van der Waals surface area contributed by atoms with E-state index in [9.17, 15) is 18.0 Å². The van der Waals surface area contributed by atoms with Crippen LogP contribution in [0.4, 0.5) is 18.9 Å². The van der Waals surface area contributed by atoms with E-state index in [-0.39, 0.29) is 18.2 Å².